The van der Waals surface area contributed by atoms with E-state index in [4.69, 9.17) is 4.74 Å². The highest BCUT2D eigenvalue weighted by atomic mass is 19.1. The number of nitrogens with zero attached hydrogens (tertiary/aromatic N) is 4. The molecule has 0 aliphatic carbocycles. The summed E-state index contributed by atoms with van der Waals surface area (Å²) < 4.78 is 20.2. The molecular formula is C17H17FN4O. The van der Waals surface area contributed by atoms with Gasteiger partial charge in [-0.3, -0.25) is 4.90 Å². The minimum Gasteiger partial charge on any atom is -0.379 e. The predicted molar refractivity (Wildman–Crippen MR) is 84.5 cm³/mol. The summed E-state index contributed by atoms with van der Waals surface area (Å²) in [7, 11) is 0. The molecule has 1 aliphatic heterocycles. The van der Waals surface area contributed by atoms with Crippen LogP contribution in [0.3, 0.4) is 0 Å². The van der Waals surface area contributed by atoms with Gasteiger partial charge >= 0.3 is 6.08 Å². The lowest BCUT2D eigenvalue weighted by Crippen LogP contribution is -2.35. The normalized spacial score (nSPS) is 16.0. The second-order valence-corrected chi connectivity index (χ2v) is 5.65. The van der Waals surface area contributed by atoms with Gasteiger partial charge in [-0.25, -0.2) is 4.52 Å². The lowest BCUT2D eigenvalue weighted by atomic mass is 10.1. The van der Waals surface area contributed by atoms with Crippen molar-refractivity contribution >= 4 is 5.65 Å². The number of benzene rings is 1. The Hall–Kier alpha value is -2.31. The average molecular weight is 312 g/mol. The molecule has 0 amide bonds. The molecule has 2 aromatic heterocycles. The van der Waals surface area contributed by atoms with Crippen LogP contribution in [0.25, 0.3) is 16.9 Å². The molecule has 118 valence electrons. The number of hydrogen-bond donors (Lipinski definition) is 0. The van der Waals surface area contributed by atoms with Gasteiger partial charge in [0.2, 0.25) is 0 Å². The van der Waals surface area contributed by atoms with Crippen LogP contribution in [-0.4, -0.2) is 45.8 Å². The number of aromatic nitrogens is 3. The molecule has 0 spiro atoms. The third-order valence-electron chi connectivity index (χ3n) is 4.09. The second-order valence-electron chi connectivity index (χ2n) is 5.65. The zero-order chi connectivity index (χ0) is 15.6. The van der Waals surface area contributed by atoms with Crippen molar-refractivity contribution in [3.63, 3.8) is 0 Å². The molecule has 3 aromatic rings. The van der Waals surface area contributed by atoms with Gasteiger partial charge in [-0.15, -0.1) is 5.10 Å². The summed E-state index contributed by atoms with van der Waals surface area (Å²) >= 11 is 0. The van der Waals surface area contributed by atoms with Crippen LogP contribution in [0.1, 0.15) is 5.56 Å². The smallest absolute Gasteiger partial charge is 0.328 e. The maximum Gasteiger partial charge on any atom is 0.328 e. The minimum atomic E-state index is -0.707. The predicted octanol–water partition coefficient (Wildman–Crippen LogP) is 2.37. The van der Waals surface area contributed by atoms with Crippen LogP contribution in [0.2, 0.25) is 0 Å². The number of ether oxygens (including phenoxy) is 1. The Bertz CT molecular complexity index is 809. The van der Waals surface area contributed by atoms with Crippen LogP contribution in [-0.2, 0) is 11.3 Å². The first-order chi connectivity index (χ1) is 11.3. The van der Waals surface area contributed by atoms with Crippen molar-refractivity contribution in [3.8, 4) is 11.3 Å². The van der Waals surface area contributed by atoms with E-state index >= 15 is 0 Å². The zero-order valence-corrected chi connectivity index (χ0v) is 12.7. The van der Waals surface area contributed by atoms with Crippen LogP contribution in [0.5, 0.6) is 0 Å². The van der Waals surface area contributed by atoms with Crippen molar-refractivity contribution in [2.75, 3.05) is 26.3 Å². The van der Waals surface area contributed by atoms with Gasteiger partial charge in [-0.1, -0.05) is 30.3 Å². The van der Waals surface area contributed by atoms with E-state index < -0.39 is 6.08 Å². The van der Waals surface area contributed by atoms with E-state index in [0.29, 0.717) is 5.65 Å². The fraction of sp³-hybridized carbons (Fsp3) is 0.294. The molecule has 1 saturated heterocycles. The molecule has 1 fully saturated rings. The third-order valence-corrected chi connectivity index (χ3v) is 4.09. The quantitative estimate of drug-likeness (QED) is 0.745. The number of rotatable bonds is 3. The molecule has 5 nitrogen and oxygen atoms in total. The number of morpholine rings is 1. The van der Waals surface area contributed by atoms with E-state index in [-0.39, 0.29) is 0 Å². The molecule has 1 aliphatic rings. The second kappa shape index (κ2) is 6.06. The monoisotopic (exact) mass is 312 g/mol. The van der Waals surface area contributed by atoms with Gasteiger partial charge in [-0.2, -0.15) is 9.37 Å². The first-order valence-electron chi connectivity index (χ1n) is 7.70. The maximum absolute atomic E-state index is 13.3. The van der Waals surface area contributed by atoms with Crippen LogP contribution < -0.4 is 0 Å². The molecular weight excluding hydrogens is 295 g/mol. The highest BCUT2D eigenvalue weighted by molar-refractivity contribution is 5.63. The average Bonchev–Trinajstić information content (AvgIpc) is 2.97. The van der Waals surface area contributed by atoms with Crippen molar-refractivity contribution in [1.29, 1.82) is 0 Å². The lowest BCUT2D eigenvalue weighted by molar-refractivity contribution is 0.0342. The first kappa shape index (κ1) is 14.3. The Morgan fingerprint density at radius 1 is 1.04 bits per heavy atom. The summed E-state index contributed by atoms with van der Waals surface area (Å²) in [6, 6.07) is 13.8. The molecule has 0 N–H and O–H groups in total. The summed E-state index contributed by atoms with van der Waals surface area (Å²) in [4.78, 5) is 6.14. The van der Waals surface area contributed by atoms with Crippen LogP contribution in [0.15, 0.2) is 42.5 Å². The van der Waals surface area contributed by atoms with Crippen LogP contribution in [0, 0.1) is 6.08 Å². The topological polar surface area (TPSA) is 42.7 Å². The van der Waals surface area contributed by atoms with Crippen molar-refractivity contribution in [2.45, 2.75) is 6.54 Å². The molecule has 0 saturated carbocycles. The van der Waals surface area contributed by atoms with Crippen molar-refractivity contribution in [3.05, 3.63) is 54.1 Å². The van der Waals surface area contributed by atoms with Gasteiger partial charge in [-0.05, 0) is 17.7 Å². The van der Waals surface area contributed by atoms with Crippen LogP contribution in [0.4, 0.5) is 4.39 Å². The summed E-state index contributed by atoms with van der Waals surface area (Å²) in [6.07, 6.45) is -0.707. The number of fused-ring (bicyclic) bond motifs is 1. The molecule has 6 heteroatoms. The summed E-state index contributed by atoms with van der Waals surface area (Å²) in [5, 5.41) is 3.82. The Morgan fingerprint density at radius 3 is 2.61 bits per heavy atom. The number of hydrogen-bond acceptors (Lipinski definition) is 4. The Balaban J connectivity index is 1.59. The molecule has 0 bridgehead atoms. The Kier molecular flexibility index (Phi) is 3.77. The zero-order valence-electron chi connectivity index (χ0n) is 12.7. The lowest BCUT2D eigenvalue weighted by Gasteiger charge is -2.26. The molecule has 1 aromatic carbocycles. The fourth-order valence-corrected chi connectivity index (χ4v) is 2.90. The van der Waals surface area contributed by atoms with Gasteiger partial charge in [0, 0.05) is 25.2 Å². The molecule has 0 radical (unpaired) electrons. The summed E-state index contributed by atoms with van der Waals surface area (Å²) in [6.45, 7) is 4.47. The minimum absolute atomic E-state index is 0.511. The number of pyridine rings is 1. The fourth-order valence-electron chi connectivity index (χ4n) is 2.90. The van der Waals surface area contributed by atoms with E-state index in [2.05, 4.69) is 27.1 Å². The van der Waals surface area contributed by atoms with Gasteiger partial charge in [0.1, 0.15) is 0 Å². The SMILES string of the molecule is Fc1nc2cccc(-c3ccc(CN4CCOCC4)cc3)n2n1. The standard InChI is InChI=1S/C17H17FN4O/c18-17-19-16-3-1-2-15(22(16)20-17)14-6-4-13(5-7-14)12-21-8-10-23-11-9-21/h1-7H,8-12H2. The summed E-state index contributed by atoms with van der Waals surface area (Å²) in [5.74, 6) is 0. The van der Waals surface area contributed by atoms with Crippen molar-refractivity contribution < 1.29 is 9.13 Å². The van der Waals surface area contributed by atoms with Crippen molar-refractivity contribution in [1.82, 2.24) is 19.5 Å². The van der Waals surface area contributed by atoms with Crippen molar-refractivity contribution in [2.24, 2.45) is 0 Å². The van der Waals surface area contributed by atoms with E-state index in [1.807, 2.05) is 24.3 Å². The van der Waals surface area contributed by atoms with Gasteiger partial charge in [0.05, 0.1) is 18.9 Å². The molecule has 0 atom stereocenters. The number of halogens is 1. The van der Waals surface area contributed by atoms with Gasteiger partial charge in [0.25, 0.3) is 0 Å². The molecule has 0 unspecified atom stereocenters. The third kappa shape index (κ3) is 2.95. The highest BCUT2D eigenvalue weighted by Gasteiger charge is 2.11. The maximum atomic E-state index is 13.3. The van der Waals surface area contributed by atoms with E-state index in [1.54, 1.807) is 6.07 Å². The van der Waals surface area contributed by atoms with E-state index in [0.717, 1.165) is 44.1 Å². The van der Waals surface area contributed by atoms with E-state index in [1.165, 1.54) is 10.1 Å². The largest absolute Gasteiger partial charge is 0.379 e. The molecule has 3 heterocycles. The molecule has 4 rings (SSSR count). The highest BCUT2D eigenvalue weighted by Crippen LogP contribution is 2.21. The first-order valence-corrected chi connectivity index (χ1v) is 7.70. The molecule has 23 heavy (non-hydrogen) atoms. The van der Waals surface area contributed by atoms with E-state index in [9.17, 15) is 4.39 Å². The van der Waals surface area contributed by atoms with Crippen LogP contribution >= 0.6 is 0 Å². The Morgan fingerprint density at radius 2 is 1.83 bits per heavy atom. The summed E-state index contributed by atoms with van der Waals surface area (Å²) in [5.41, 5.74) is 3.59. The Labute approximate surface area is 133 Å². The van der Waals surface area contributed by atoms with Gasteiger partial charge in [0.15, 0.2) is 5.65 Å². The van der Waals surface area contributed by atoms with Gasteiger partial charge < -0.3 is 4.74 Å².